The van der Waals surface area contributed by atoms with Crippen molar-refractivity contribution in [3.05, 3.63) is 46.9 Å². The molecule has 1 unspecified atom stereocenters. The minimum absolute atomic E-state index is 0.101. The number of rotatable bonds is 5. The number of halogens is 1. The van der Waals surface area contributed by atoms with Crippen molar-refractivity contribution in [1.82, 2.24) is 15.3 Å². The Kier molecular flexibility index (Phi) is 5.27. The second-order valence-electron chi connectivity index (χ2n) is 5.66. The van der Waals surface area contributed by atoms with E-state index in [1.54, 1.807) is 25.1 Å². The first-order chi connectivity index (χ1) is 11.6. The van der Waals surface area contributed by atoms with Crippen molar-refractivity contribution in [2.75, 3.05) is 18.5 Å². The molecule has 2 N–H and O–H groups in total. The molecular weight excluding hydrogens is 328 g/mol. The molecule has 0 spiro atoms. The number of hydrogen-bond acceptors (Lipinski definition) is 5. The van der Waals surface area contributed by atoms with Gasteiger partial charge in [0, 0.05) is 29.9 Å². The van der Waals surface area contributed by atoms with Crippen LogP contribution in [0.25, 0.3) is 0 Å². The van der Waals surface area contributed by atoms with Crippen LogP contribution in [0.2, 0.25) is 5.02 Å². The Labute approximate surface area is 145 Å². The number of amides is 1. The van der Waals surface area contributed by atoms with Gasteiger partial charge in [-0.3, -0.25) is 4.79 Å². The number of aromatic nitrogens is 2. The van der Waals surface area contributed by atoms with E-state index >= 15 is 0 Å². The molecule has 1 saturated heterocycles. The number of aryl methyl sites for hydroxylation is 1. The Morgan fingerprint density at radius 2 is 2.12 bits per heavy atom. The molecule has 2 aromatic rings. The zero-order chi connectivity index (χ0) is 16.9. The first-order valence-corrected chi connectivity index (χ1v) is 8.26. The van der Waals surface area contributed by atoms with Gasteiger partial charge in [0.05, 0.1) is 6.10 Å². The average Bonchev–Trinajstić information content (AvgIpc) is 3.08. The van der Waals surface area contributed by atoms with E-state index in [4.69, 9.17) is 16.3 Å². The maximum atomic E-state index is 12.3. The molecule has 0 bridgehead atoms. The summed E-state index contributed by atoms with van der Waals surface area (Å²) in [6.07, 6.45) is 2.12. The van der Waals surface area contributed by atoms with Crippen LogP contribution in [-0.4, -0.2) is 35.1 Å². The molecule has 1 aromatic carbocycles. The lowest BCUT2D eigenvalue weighted by molar-refractivity contribution is 0.0853. The van der Waals surface area contributed by atoms with Crippen LogP contribution in [0.3, 0.4) is 0 Å². The molecule has 1 amide bonds. The number of carbonyl (C=O) groups is 1. The number of ether oxygens (including phenoxy) is 1. The highest BCUT2D eigenvalue weighted by Crippen LogP contribution is 2.18. The van der Waals surface area contributed by atoms with Crippen LogP contribution in [0.5, 0.6) is 0 Å². The maximum absolute atomic E-state index is 12.3. The second kappa shape index (κ2) is 7.59. The van der Waals surface area contributed by atoms with Crippen LogP contribution < -0.4 is 10.6 Å². The molecule has 2 heterocycles. The lowest BCUT2D eigenvalue weighted by atomic mass is 10.2. The van der Waals surface area contributed by atoms with E-state index in [9.17, 15) is 4.79 Å². The highest BCUT2D eigenvalue weighted by molar-refractivity contribution is 6.30. The molecule has 0 saturated carbocycles. The minimum atomic E-state index is -0.227. The predicted molar refractivity (Wildman–Crippen MR) is 92.8 cm³/mol. The summed E-state index contributed by atoms with van der Waals surface area (Å²) in [6, 6.07) is 8.89. The van der Waals surface area contributed by atoms with Gasteiger partial charge >= 0.3 is 0 Å². The quantitative estimate of drug-likeness (QED) is 0.870. The topological polar surface area (TPSA) is 76.1 Å². The van der Waals surface area contributed by atoms with Gasteiger partial charge in [0.1, 0.15) is 17.3 Å². The lowest BCUT2D eigenvalue weighted by Gasteiger charge is -2.12. The van der Waals surface area contributed by atoms with Crippen LogP contribution in [-0.2, 0) is 4.74 Å². The van der Waals surface area contributed by atoms with E-state index in [-0.39, 0.29) is 12.0 Å². The number of hydrogen-bond donors (Lipinski definition) is 2. The summed E-state index contributed by atoms with van der Waals surface area (Å²) < 4.78 is 5.50. The molecule has 1 aliphatic heterocycles. The van der Waals surface area contributed by atoms with Gasteiger partial charge in [0.15, 0.2) is 0 Å². The van der Waals surface area contributed by atoms with E-state index in [1.165, 1.54) is 0 Å². The monoisotopic (exact) mass is 346 g/mol. The lowest BCUT2D eigenvalue weighted by Crippen LogP contribution is -2.32. The van der Waals surface area contributed by atoms with Gasteiger partial charge in [-0.25, -0.2) is 9.97 Å². The van der Waals surface area contributed by atoms with Crippen molar-refractivity contribution in [2.24, 2.45) is 0 Å². The molecule has 0 aliphatic carbocycles. The molecule has 0 radical (unpaired) electrons. The molecule has 1 atom stereocenters. The molecule has 1 aliphatic rings. The second-order valence-corrected chi connectivity index (χ2v) is 6.10. The summed E-state index contributed by atoms with van der Waals surface area (Å²) >= 11 is 5.88. The Morgan fingerprint density at radius 3 is 2.83 bits per heavy atom. The standard InChI is InChI=1S/C17H19ClN4O2/c1-11-20-15(17(23)19-10-14-3-2-8-24-14)9-16(21-11)22-13-6-4-12(18)5-7-13/h4-7,9,14H,2-3,8,10H2,1H3,(H,19,23)(H,20,21,22). The van der Waals surface area contributed by atoms with Crippen LogP contribution >= 0.6 is 11.6 Å². The Balaban J connectivity index is 1.68. The summed E-state index contributed by atoms with van der Waals surface area (Å²) in [5.41, 5.74) is 1.17. The maximum Gasteiger partial charge on any atom is 0.270 e. The molecule has 3 rings (SSSR count). The van der Waals surface area contributed by atoms with Crippen LogP contribution in [0, 0.1) is 6.92 Å². The summed E-state index contributed by atoms with van der Waals surface area (Å²) in [4.78, 5) is 20.8. The fourth-order valence-electron chi connectivity index (χ4n) is 2.53. The van der Waals surface area contributed by atoms with Gasteiger partial charge in [-0.2, -0.15) is 0 Å². The highest BCUT2D eigenvalue weighted by atomic mass is 35.5. The molecule has 7 heteroatoms. The smallest absolute Gasteiger partial charge is 0.270 e. The number of anilines is 2. The summed E-state index contributed by atoms with van der Waals surface area (Å²) in [6.45, 7) is 3.02. The molecule has 24 heavy (non-hydrogen) atoms. The van der Waals surface area contributed by atoms with Gasteiger partial charge in [-0.15, -0.1) is 0 Å². The van der Waals surface area contributed by atoms with E-state index in [0.29, 0.717) is 28.9 Å². The van der Waals surface area contributed by atoms with Crippen molar-refractivity contribution >= 4 is 29.0 Å². The van der Waals surface area contributed by atoms with Gasteiger partial charge in [-0.05, 0) is 44.0 Å². The van der Waals surface area contributed by atoms with Crippen LogP contribution in [0.1, 0.15) is 29.2 Å². The van der Waals surface area contributed by atoms with Crippen molar-refractivity contribution in [3.63, 3.8) is 0 Å². The van der Waals surface area contributed by atoms with Crippen molar-refractivity contribution in [1.29, 1.82) is 0 Å². The van der Waals surface area contributed by atoms with E-state index in [1.807, 2.05) is 12.1 Å². The molecule has 1 aromatic heterocycles. The highest BCUT2D eigenvalue weighted by Gasteiger charge is 2.17. The van der Waals surface area contributed by atoms with Crippen LogP contribution in [0.4, 0.5) is 11.5 Å². The van der Waals surface area contributed by atoms with E-state index in [0.717, 1.165) is 25.1 Å². The number of nitrogens with zero attached hydrogens (tertiary/aromatic N) is 2. The summed E-state index contributed by atoms with van der Waals surface area (Å²) in [5.74, 6) is 0.860. The third-order valence-electron chi connectivity index (χ3n) is 3.70. The number of nitrogens with one attached hydrogen (secondary N) is 2. The van der Waals surface area contributed by atoms with Gasteiger partial charge < -0.3 is 15.4 Å². The van der Waals surface area contributed by atoms with Crippen molar-refractivity contribution < 1.29 is 9.53 Å². The largest absolute Gasteiger partial charge is 0.376 e. The molecular formula is C17H19ClN4O2. The third-order valence-corrected chi connectivity index (χ3v) is 3.95. The molecule has 6 nitrogen and oxygen atoms in total. The van der Waals surface area contributed by atoms with Gasteiger partial charge in [-0.1, -0.05) is 11.6 Å². The zero-order valence-electron chi connectivity index (χ0n) is 13.4. The van der Waals surface area contributed by atoms with Gasteiger partial charge in [0.25, 0.3) is 5.91 Å². The zero-order valence-corrected chi connectivity index (χ0v) is 14.1. The molecule has 1 fully saturated rings. The average molecular weight is 347 g/mol. The van der Waals surface area contributed by atoms with Crippen molar-refractivity contribution in [2.45, 2.75) is 25.9 Å². The number of benzene rings is 1. The Bertz CT molecular complexity index is 715. The number of carbonyl (C=O) groups excluding carboxylic acids is 1. The molecule has 126 valence electrons. The predicted octanol–water partition coefficient (Wildman–Crippen LogP) is 3.09. The first-order valence-electron chi connectivity index (χ1n) is 7.88. The van der Waals surface area contributed by atoms with Crippen molar-refractivity contribution in [3.8, 4) is 0 Å². The SMILES string of the molecule is Cc1nc(Nc2ccc(Cl)cc2)cc(C(=O)NCC2CCCO2)n1. The fraction of sp³-hybridized carbons (Fsp3) is 0.353. The van der Waals surface area contributed by atoms with E-state index in [2.05, 4.69) is 20.6 Å². The Morgan fingerprint density at radius 1 is 1.33 bits per heavy atom. The van der Waals surface area contributed by atoms with Gasteiger partial charge in [0.2, 0.25) is 0 Å². The summed E-state index contributed by atoms with van der Waals surface area (Å²) in [7, 11) is 0. The normalized spacial score (nSPS) is 16.8. The summed E-state index contributed by atoms with van der Waals surface area (Å²) in [5, 5.41) is 6.68. The van der Waals surface area contributed by atoms with E-state index < -0.39 is 0 Å². The first kappa shape index (κ1) is 16.7. The third kappa shape index (κ3) is 4.43. The minimum Gasteiger partial charge on any atom is -0.376 e. The van der Waals surface area contributed by atoms with Crippen LogP contribution in [0.15, 0.2) is 30.3 Å². The Hall–Kier alpha value is -2.18. The fourth-order valence-corrected chi connectivity index (χ4v) is 2.66.